The van der Waals surface area contributed by atoms with E-state index in [0.717, 1.165) is 11.1 Å². The Hall–Kier alpha value is -3.59. The zero-order valence-electron chi connectivity index (χ0n) is 21.4. The SMILES string of the molecule is CCOC(=O)CC1c2cc(OCC)c(OCC)cc2CCN1CC(=O)Nc1ccc(NC(C)=O)cc1. The first-order valence-corrected chi connectivity index (χ1v) is 12.3. The highest BCUT2D eigenvalue weighted by atomic mass is 16.5. The van der Waals surface area contributed by atoms with Crippen LogP contribution >= 0.6 is 0 Å². The number of anilines is 2. The molecule has 36 heavy (non-hydrogen) atoms. The van der Waals surface area contributed by atoms with Gasteiger partial charge in [-0.15, -0.1) is 0 Å². The van der Waals surface area contributed by atoms with Crippen LogP contribution < -0.4 is 20.1 Å². The number of hydrogen-bond donors (Lipinski definition) is 2. The second-order valence-electron chi connectivity index (χ2n) is 8.42. The summed E-state index contributed by atoms with van der Waals surface area (Å²) < 4.78 is 16.8. The first kappa shape index (κ1) is 27.0. The van der Waals surface area contributed by atoms with E-state index in [2.05, 4.69) is 10.6 Å². The van der Waals surface area contributed by atoms with Crippen molar-refractivity contribution in [2.45, 2.75) is 46.6 Å². The summed E-state index contributed by atoms with van der Waals surface area (Å²) >= 11 is 0. The molecule has 194 valence electrons. The maximum absolute atomic E-state index is 12.9. The van der Waals surface area contributed by atoms with Crippen LogP contribution in [0.5, 0.6) is 11.5 Å². The van der Waals surface area contributed by atoms with Crippen molar-refractivity contribution < 1.29 is 28.6 Å². The lowest BCUT2D eigenvalue weighted by Crippen LogP contribution is -2.41. The number of hydrogen-bond acceptors (Lipinski definition) is 7. The van der Waals surface area contributed by atoms with Gasteiger partial charge in [0.2, 0.25) is 11.8 Å². The monoisotopic (exact) mass is 497 g/mol. The summed E-state index contributed by atoms with van der Waals surface area (Å²) in [4.78, 5) is 38.6. The molecule has 0 aromatic heterocycles. The van der Waals surface area contributed by atoms with E-state index in [-0.39, 0.29) is 36.8 Å². The molecule has 2 aromatic carbocycles. The summed E-state index contributed by atoms with van der Waals surface area (Å²) in [5, 5.41) is 5.59. The minimum absolute atomic E-state index is 0.105. The number of ether oxygens (including phenoxy) is 3. The molecule has 2 N–H and O–H groups in total. The Labute approximate surface area is 212 Å². The van der Waals surface area contributed by atoms with Gasteiger partial charge in [0.15, 0.2) is 11.5 Å². The van der Waals surface area contributed by atoms with Crippen molar-refractivity contribution >= 4 is 29.2 Å². The maximum Gasteiger partial charge on any atom is 0.307 e. The molecule has 0 saturated carbocycles. The molecule has 2 aromatic rings. The Balaban J connectivity index is 1.81. The first-order chi connectivity index (χ1) is 17.3. The highest BCUT2D eigenvalue weighted by Gasteiger charge is 2.32. The third-order valence-electron chi connectivity index (χ3n) is 5.77. The van der Waals surface area contributed by atoms with E-state index < -0.39 is 0 Å². The molecule has 9 heteroatoms. The average Bonchev–Trinajstić information content (AvgIpc) is 2.82. The van der Waals surface area contributed by atoms with E-state index in [4.69, 9.17) is 14.2 Å². The number of benzene rings is 2. The van der Waals surface area contributed by atoms with E-state index in [9.17, 15) is 14.4 Å². The van der Waals surface area contributed by atoms with Gasteiger partial charge in [-0.1, -0.05) is 0 Å². The van der Waals surface area contributed by atoms with Gasteiger partial charge in [0, 0.05) is 30.9 Å². The van der Waals surface area contributed by atoms with Crippen LogP contribution in [-0.2, 0) is 25.5 Å². The van der Waals surface area contributed by atoms with E-state index >= 15 is 0 Å². The largest absolute Gasteiger partial charge is 0.490 e. The molecule has 1 aliphatic rings. The first-order valence-electron chi connectivity index (χ1n) is 12.3. The lowest BCUT2D eigenvalue weighted by atomic mass is 9.90. The van der Waals surface area contributed by atoms with Crippen molar-refractivity contribution in [1.29, 1.82) is 0 Å². The van der Waals surface area contributed by atoms with Crippen LogP contribution in [-0.4, -0.2) is 55.6 Å². The van der Waals surface area contributed by atoms with E-state index in [0.29, 0.717) is 55.7 Å². The van der Waals surface area contributed by atoms with E-state index in [1.807, 2.05) is 30.9 Å². The summed E-state index contributed by atoms with van der Waals surface area (Å²) in [5.41, 5.74) is 3.28. The Morgan fingerprint density at radius 3 is 2.11 bits per heavy atom. The molecule has 0 spiro atoms. The summed E-state index contributed by atoms with van der Waals surface area (Å²) in [7, 11) is 0. The molecule has 0 radical (unpaired) electrons. The molecule has 1 aliphatic heterocycles. The van der Waals surface area contributed by atoms with Gasteiger partial charge >= 0.3 is 5.97 Å². The minimum Gasteiger partial charge on any atom is -0.490 e. The van der Waals surface area contributed by atoms with Gasteiger partial charge in [0.05, 0.1) is 32.8 Å². The number of esters is 1. The van der Waals surface area contributed by atoms with Crippen LogP contribution in [0.4, 0.5) is 11.4 Å². The number of carbonyl (C=O) groups is 3. The average molecular weight is 498 g/mol. The second kappa shape index (κ2) is 12.9. The van der Waals surface area contributed by atoms with Gasteiger partial charge in [-0.2, -0.15) is 0 Å². The molecule has 0 fully saturated rings. The molecule has 1 heterocycles. The van der Waals surface area contributed by atoms with Crippen LogP contribution in [0, 0.1) is 0 Å². The Morgan fingerprint density at radius 1 is 0.917 bits per heavy atom. The molecule has 0 aliphatic carbocycles. The van der Waals surface area contributed by atoms with E-state index in [1.54, 1.807) is 31.2 Å². The van der Waals surface area contributed by atoms with Crippen LogP contribution in [0.1, 0.15) is 51.3 Å². The number of nitrogens with one attached hydrogen (secondary N) is 2. The topological polar surface area (TPSA) is 106 Å². The predicted octanol–water partition coefficient (Wildman–Crippen LogP) is 3.93. The number of rotatable bonds is 11. The fraction of sp³-hybridized carbons (Fsp3) is 0.444. The number of fused-ring (bicyclic) bond motifs is 1. The lowest BCUT2D eigenvalue weighted by molar-refractivity contribution is -0.145. The van der Waals surface area contributed by atoms with Crippen molar-refractivity contribution in [3.8, 4) is 11.5 Å². The Morgan fingerprint density at radius 2 is 1.53 bits per heavy atom. The van der Waals surface area contributed by atoms with Gasteiger partial charge in [-0.3, -0.25) is 19.3 Å². The number of nitrogens with zero attached hydrogens (tertiary/aromatic N) is 1. The van der Waals surface area contributed by atoms with Crippen LogP contribution in [0.3, 0.4) is 0 Å². The minimum atomic E-state index is -0.337. The zero-order valence-corrected chi connectivity index (χ0v) is 21.4. The highest BCUT2D eigenvalue weighted by Crippen LogP contribution is 2.40. The number of amides is 2. The van der Waals surface area contributed by atoms with Gasteiger partial charge < -0.3 is 24.8 Å². The van der Waals surface area contributed by atoms with Gasteiger partial charge in [0.25, 0.3) is 0 Å². The van der Waals surface area contributed by atoms with E-state index in [1.165, 1.54) is 6.92 Å². The Bertz CT molecular complexity index is 1070. The molecule has 3 rings (SSSR count). The number of carbonyl (C=O) groups excluding carboxylic acids is 3. The summed E-state index contributed by atoms with van der Waals surface area (Å²) in [6.45, 7) is 9.04. The van der Waals surface area contributed by atoms with Crippen molar-refractivity contribution in [3.63, 3.8) is 0 Å². The summed E-state index contributed by atoms with van der Waals surface area (Å²) in [6.07, 6.45) is 0.832. The normalized spacial score (nSPS) is 14.9. The van der Waals surface area contributed by atoms with Gasteiger partial charge in [0.1, 0.15) is 0 Å². The predicted molar refractivity (Wildman–Crippen MR) is 137 cm³/mol. The molecule has 2 amide bonds. The van der Waals surface area contributed by atoms with Crippen LogP contribution in [0.2, 0.25) is 0 Å². The maximum atomic E-state index is 12.9. The lowest BCUT2D eigenvalue weighted by Gasteiger charge is -2.37. The highest BCUT2D eigenvalue weighted by molar-refractivity contribution is 5.93. The fourth-order valence-corrected chi connectivity index (χ4v) is 4.33. The zero-order chi connectivity index (χ0) is 26.1. The van der Waals surface area contributed by atoms with Crippen molar-refractivity contribution in [3.05, 3.63) is 47.5 Å². The van der Waals surface area contributed by atoms with Gasteiger partial charge in [-0.25, -0.2) is 0 Å². The molecular formula is C27H35N3O6. The molecule has 1 atom stereocenters. The standard InChI is InChI=1S/C27H35N3O6/c1-5-34-24-14-19-12-13-30(17-26(32)29-21-10-8-20(9-11-21)28-18(4)31)23(16-27(33)36-7-3)22(19)15-25(24)35-6-2/h8-11,14-15,23H,5-7,12-13,16-17H2,1-4H3,(H,28,31)(H,29,32). The van der Waals surface area contributed by atoms with Crippen LogP contribution in [0.15, 0.2) is 36.4 Å². The molecule has 9 nitrogen and oxygen atoms in total. The molecule has 0 saturated heterocycles. The molecule has 0 bridgehead atoms. The van der Waals surface area contributed by atoms with Crippen LogP contribution in [0.25, 0.3) is 0 Å². The third-order valence-corrected chi connectivity index (χ3v) is 5.77. The smallest absolute Gasteiger partial charge is 0.307 e. The second-order valence-corrected chi connectivity index (χ2v) is 8.42. The fourth-order valence-electron chi connectivity index (χ4n) is 4.33. The van der Waals surface area contributed by atoms with Crippen molar-refractivity contribution in [2.75, 3.05) is 43.5 Å². The van der Waals surface area contributed by atoms with Crippen molar-refractivity contribution in [2.24, 2.45) is 0 Å². The summed E-state index contributed by atoms with van der Waals surface area (Å²) in [5.74, 6) is 0.627. The van der Waals surface area contributed by atoms with Crippen molar-refractivity contribution in [1.82, 2.24) is 4.90 Å². The molecular weight excluding hydrogens is 462 g/mol. The van der Waals surface area contributed by atoms with Gasteiger partial charge in [-0.05, 0) is 74.7 Å². The third kappa shape index (κ3) is 7.21. The quantitative estimate of drug-likeness (QED) is 0.453. The molecule has 1 unspecified atom stereocenters. The summed E-state index contributed by atoms with van der Waals surface area (Å²) in [6, 6.07) is 10.5. The Kier molecular flexibility index (Phi) is 9.69.